The molecule has 0 aliphatic carbocycles. The fourth-order valence-electron chi connectivity index (χ4n) is 12.1. The Bertz CT molecular complexity index is 1900. The third-order valence-corrected chi connectivity index (χ3v) is 20.3. The first-order chi connectivity index (χ1) is 47.2. The van der Waals surface area contributed by atoms with Gasteiger partial charge in [-0.15, -0.1) is 0 Å². The van der Waals surface area contributed by atoms with Gasteiger partial charge in [-0.2, -0.15) is 0 Å². The van der Waals surface area contributed by atoms with Crippen molar-refractivity contribution in [2.24, 2.45) is 17.8 Å². The van der Waals surface area contributed by atoms with Crippen molar-refractivity contribution < 1.29 is 80.2 Å². The van der Waals surface area contributed by atoms with Crippen molar-refractivity contribution in [3.63, 3.8) is 0 Å². The largest absolute Gasteiger partial charge is 0.472 e. The van der Waals surface area contributed by atoms with Crippen LogP contribution in [0.25, 0.3) is 0 Å². The van der Waals surface area contributed by atoms with Crippen LogP contribution in [0.2, 0.25) is 0 Å². The highest BCUT2D eigenvalue weighted by Crippen LogP contribution is 2.45. The lowest BCUT2D eigenvalue weighted by Gasteiger charge is -2.21. The molecule has 0 aromatic heterocycles. The van der Waals surface area contributed by atoms with Gasteiger partial charge in [-0.25, -0.2) is 9.13 Å². The summed E-state index contributed by atoms with van der Waals surface area (Å²) in [6.07, 6.45) is 57.0. The van der Waals surface area contributed by atoms with Gasteiger partial charge < -0.3 is 33.8 Å². The summed E-state index contributed by atoms with van der Waals surface area (Å²) < 4.78 is 68.6. The van der Waals surface area contributed by atoms with Gasteiger partial charge in [0.15, 0.2) is 12.2 Å². The molecule has 582 valence electrons. The van der Waals surface area contributed by atoms with Crippen LogP contribution >= 0.6 is 15.6 Å². The van der Waals surface area contributed by atoms with Crippen molar-refractivity contribution in [3.8, 4) is 0 Å². The van der Waals surface area contributed by atoms with Crippen molar-refractivity contribution in [1.82, 2.24) is 0 Å². The molecule has 5 atom stereocenters. The maximum atomic E-state index is 13.1. The molecule has 0 aromatic carbocycles. The monoisotopic (exact) mass is 1440 g/mol. The van der Waals surface area contributed by atoms with Crippen LogP contribution in [-0.2, 0) is 65.4 Å². The average molecular weight is 1440 g/mol. The number of carbonyl (C=O) groups is 4. The molecule has 98 heavy (non-hydrogen) atoms. The van der Waals surface area contributed by atoms with Gasteiger partial charge in [0.2, 0.25) is 0 Å². The van der Waals surface area contributed by atoms with Gasteiger partial charge in [0.1, 0.15) is 19.3 Å². The van der Waals surface area contributed by atoms with E-state index in [-0.39, 0.29) is 25.7 Å². The number of hydrogen-bond donors (Lipinski definition) is 3. The first-order valence-electron chi connectivity index (χ1n) is 40.8. The fraction of sp³-hybridized carbons (Fsp3) is 0.949. The Kier molecular flexibility index (Phi) is 68.1. The quantitative estimate of drug-likeness (QED) is 0.0222. The summed E-state index contributed by atoms with van der Waals surface area (Å²) in [5, 5.41) is 10.6. The Morgan fingerprint density at radius 3 is 0.694 bits per heavy atom. The summed E-state index contributed by atoms with van der Waals surface area (Å²) in [7, 11) is -9.91. The fourth-order valence-corrected chi connectivity index (χ4v) is 13.7. The minimum absolute atomic E-state index is 0.106. The zero-order valence-corrected chi connectivity index (χ0v) is 66.0. The number of rotatable bonds is 77. The van der Waals surface area contributed by atoms with E-state index in [1.807, 2.05) is 0 Å². The third kappa shape index (κ3) is 72.4. The van der Waals surface area contributed by atoms with E-state index >= 15 is 0 Å². The summed E-state index contributed by atoms with van der Waals surface area (Å²) in [6, 6.07) is 0. The van der Waals surface area contributed by atoms with Gasteiger partial charge >= 0.3 is 39.5 Å². The third-order valence-electron chi connectivity index (χ3n) is 18.4. The summed E-state index contributed by atoms with van der Waals surface area (Å²) in [5.74, 6) is 0.207. The molecule has 0 saturated heterocycles. The van der Waals surface area contributed by atoms with E-state index in [1.165, 1.54) is 212 Å². The predicted octanol–water partition coefficient (Wildman–Crippen LogP) is 23.4. The van der Waals surface area contributed by atoms with E-state index in [0.717, 1.165) is 108 Å². The minimum atomic E-state index is -4.96. The number of aliphatic hydroxyl groups excluding tert-OH is 1. The van der Waals surface area contributed by atoms with E-state index in [4.69, 9.17) is 37.0 Å². The van der Waals surface area contributed by atoms with E-state index in [0.29, 0.717) is 31.6 Å². The van der Waals surface area contributed by atoms with Crippen LogP contribution in [0.3, 0.4) is 0 Å². The normalized spacial score (nSPS) is 14.0. The SMILES string of the molecule is CCCCCCCCCCCCCC(=O)O[C@H](COC(=O)CCCCCCCCCC(C)C)COP(=O)(O)OC[C@H](O)COP(=O)(O)OC[C@@H](COC(=O)CCCCCCCCCCCCCCCCCC(C)C)OC(=O)CCCCCCCCCCCCCCCCCCC(C)C. The predicted molar refractivity (Wildman–Crippen MR) is 400 cm³/mol. The number of hydrogen-bond acceptors (Lipinski definition) is 15. The molecule has 0 rings (SSSR count). The van der Waals surface area contributed by atoms with Gasteiger partial charge in [-0.3, -0.25) is 37.3 Å². The summed E-state index contributed by atoms with van der Waals surface area (Å²) in [4.78, 5) is 72.9. The molecule has 0 amide bonds. The first kappa shape index (κ1) is 96.1. The highest BCUT2D eigenvalue weighted by molar-refractivity contribution is 7.47. The molecular weight excluding hydrogens is 1280 g/mol. The van der Waals surface area contributed by atoms with Crippen molar-refractivity contribution >= 4 is 39.5 Å². The molecular formula is C79H154O17P2. The van der Waals surface area contributed by atoms with Crippen LogP contribution in [0, 0.1) is 17.8 Å². The maximum Gasteiger partial charge on any atom is 0.472 e. The molecule has 0 aliphatic rings. The van der Waals surface area contributed by atoms with Crippen LogP contribution in [0.5, 0.6) is 0 Å². The Morgan fingerprint density at radius 2 is 0.469 bits per heavy atom. The molecule has 2 unspecified atom stereocenters. The van der Waals surface area contributed by atoms with E-state index < -0.39 is 97.5 Å². The lowest BCUT2D eigenvalue weighted by Crippen LogP contribution is -2.30. The number of phosphoric acid groups is 2. The van der Waals surface area contributed by atoms with Gasteiger partial charge in [-0.1, -0.05) is 357 Å². The molecule has 0 radical (unpaired) electrons. The van der Waals surface area contributed by atoms with Gasteiger partial charge in [0.25, 0.3) is 0 Å². The maximum absolute atomic E-state index is 13.1. The van der Waals surface area contributed by atoms with Crippen molar-refractivity contribution in [2.45, 2.75) is 426 Å². The Labute approximate surface area is 600 Å². The first-order valence-corrected chi connectivity index (χ1v) is 43.8. The van der Waals surface area contributed by atoms with Crippen molar-refractivity contribution in [2.75, 3.05) is 39.6 Å². The molecule has 0 spiro atoms. The Morgan fingerprint density at radius 1 is 0.276 bits per heavy atom. The van der Waals surface area contributed by atoms with Crippen LogP contribution in [-0.4, -0.2) is 96.7 Å². The van der Waals surface area contributed by atoms with Gasteiger partial charge in [0, 0.05) is 25.7 Å². The molecule has 0 aromatic rings. The Balaban J connectivity index is 5.22. The lowest BCUT2D eigenvalue weighted by atomic mass is 10.0. The number of aliphatic hydroxyl groups is 1. The summed E-state index contributed by atoms with van der Waals surface area (Å²) in [6.45, 7) is 11.9. The van der Waals surface area contributed by atoms with Crippen LogP contribution < -0.4 is 0 Å². The average Bonchev–Trinajstić information content (AvgIpc) is 0.980. The standard InChI is InChI=1S/C79H154O17P2/c1-8-9-10-11-12-13-25-33-40-48-55-62-78(83)96-75(67-90-77(82)61-54-47-42-35-38-45-52-59-72(6)7)69-94-98(87,88)92-65-73(80)64-91-97(85,86)93-68-74(66-89-76(81)60-53-46-39-32-28-23-20-16-18-22-27-31-37-44-51-58-71(4)5)95-79(84)63-56-49-41-34-29-24-19-15-14-17-21-26-30-36-43-50-57-70(2)3/h70-75,80H,8-69H2,1-7H3,(H,85,86)(H,87,88)/t73-,74-,75-/m1/s1. The lowest BCUT2D eigenvalue weighted by molar-refractivity contribution is -0.161. The second-order valence-electron chi connectivity index (χ2n) is 29.9. The molecule has 3 N–H and O–H groups in total. The van der Waals surface area contributed by atoms with Crippen molar-refractivity contribution in [1.29, 1.82) is 0 Å². The van der Waals surface area contributed by atoms with E-state index in [9.17, 15) is 43.2 Å². The second kappa shape index (κ2) is 69.4. The van der Waals surface area contributed by atoms with Crippen LogP contribution in [0.15, 0.2) is 0 Å². The zero-order valence-electron chi connectivity index (χ0n) is 64.3. The highest BCUT2D eigenvalue weighted by Gasteiger charge is 2.30. The molecule has 0 bridgehead atoms. The molecule has 0 aliphatic heterocycles. The van der Waals surface area contributed by atoms with Crippen LogP contribution in [0.4, 0.5) is 0 Å². The molecule has 0 fully saturated rings. The van der Waals surface area contributed by atoms with Gasteiger partial charge in [0.05, 0.1) is 26.4 Å². The minimum Gasteiger partial charge on any atom is -0.462 e. The molecule has 0 saturated carbocycles. The number of carbonyl (C=O) groups excluding carboxylic acids is 4. The van der Waals surface area contributed by atoms with Crippen LogP contribution in [0.1, 0.15) is 408 Å². The number of unbranched alkanes of at least 4 members (excludes halogenated alkanes) is 45. The topological polar surface area (TPSA) is 237 Å². The Hall–Kier alpha value is -1.94. The number of ether oxygens (including phenoxy) is 4. The summed E-state index contributed by atoms with van der Waals surface area (Å²) in [5.41, 5.74) is 0. The molecule has 19 heteroatoms. The molecule has 0 heterocycles. The van der Waals surface area contributed by atoms with E-state index in [1.54, 1.807) is 0 Å². The summed E-state index contributed by atoms with van der Waals surface area (Å²) >= 11 is 0. The number of esters is 4. The zero-order chi connectivity index (χ0) is 72.3. The van der Waals surface area contributed by atoms with Gasteiger partial charge in [-0.05, 0) is 43.4 Å². The molecule has 17 nitrogen and oxygen atoms in total. The van der Waals surface area contributed by atoms with E-state index in [2.05, 4.69) is 48.5 Å². The second-order valence-corrected chi connectivity index (χ2v) is 32.8. The highest BCUT2D eigenvalue weighted by atomic mass is 31.2. The smallest absolute Gasteiger partial charge is 0.462 e. The van der Waals surface area contributed by atoms with Crippen molar-refractivity contribution in [3.05, 3.63) is 0 Å². The number of phosphoric ester groups is 2.